The number of hydrogen-bond donors (Lipinski definition) is 1. The Kier molecular flexibility index (Phi) is 3.68. The maximum Gasteiger partial charge on any atom is 0.138 e. The van der Waals surface area contributed by atoms with Gasteiger partial charge in [0.25, 0.3) is 0 Å². The fourth-order valence-corrected chi connectivity index (χ4v) is 2.03. The van der Waals surface area contributed by atoms with Gasteiger partial charge < -0.3 is 5.32 Å². The molecule has 0 saturated carbocycles. The molecular formula is C15H18N6. The van der Waals surface area contributed by atoms with Crippen LogP contribution < -0.4 is 5.32 Å². The maximum absolute atomic E-state index is 4.33. The Hall–Kier alpha value is -2.63. The van der Waals surface area contributed by atoms with E-state index in [1.54, 1.807) is 11.0 Å². The van der Waals surface area contributed by atoms with Crippen LogP contribution in [-0.4, -0.2) is 24.5 Å². The van der Waals surface area contributed by atoms with Crippen LogP contribution in [0.2, 0.25) is 0 Å². The SMILES string of the molecule is CC(C)n1cc(CNc2ccc(-n3cncn3)cc2)cn1. The molecular weight excluding hydrogens is 264 g/mol. The molecule has 2 aromatic heterocycles. The zero-order valence-corrected chi connectivity index (χ0v) is 12.1. The van der Waals surface area contributed by atoms with Crippen LogP contribution in [0.4, 0.5) is 5.69 Å². The van der Waals surface area contributed by atoms with E-state index in [4.69, 9.17) is 0 Å². The van der Waals surface area contributed by atoms with E-state index >= 15 is 0 Å². The lowest BCUT2D eigenvalue weighted by Crippen LogP contribution is -2.01. The zero-order chi connectivity index (χ0) is 14.7. The highest BCUT2D eigenvalue weighted by Gasteiger charge is 2.02. The second kappa shape index (κ2) is 5.78. The Labute approximate surface area is 123 Å². The van der Waals surface area contributed by atoms with Crippen LogP contribution in [0.5, 0.6) is 0 Å². The molecule has 3 aromatic rings. The van der Waals surface area contributed by atoms with Crippen LogP contribution in [0.25, 0.3) is 5.69 Å². The van der Waals surface area contributed by atoms with Gasteiger partial charge in [0.1, 0.15) is 12.7 Å². The summed E-state index contributed by atoms with van der Waals surface area (Å²) in [5.41, 5.74) is 3.23. The van der Waals surface area contributed by atoms with E-state index in [-0.39, 0.29) is 0 Å². The maximum atomic E-state index is 4.33. The van der Waals surface area contributed by atoms with Gasteiger partial charge >= 0.3 is 0 Å². The predicted octanol–water partition coefficient (Wildman–Crippen LogP) is 2.66. The lowest BCUT2D eigenvalue weighted by Gasteiger charge is -2.06. The number of benzene rings is 1. The molecule has 0 fully saturated rings. The second-order valence-electron chi connectivity index (χ2n) is 5.16. The molecule has 1 aromatic carbocycles. The first-order valence-corrected chi connectivity index (χ1v) is 6.94. The molecule has 0 atom stereocenters. The molecule has 0 aliphatic rings. The van der Waals surface area contributed by atoms with Crippen molar-refractivity contribution in [2.24, 2.45) is 0 Å². The van der Waals surface area contributed by atoms with Crippen LogP contribution in [0.3, 0.4) is 0 Å². The van der Waals surface area contributed by atoms with Crippen molar-refractivity contribution < 1.29 is 0 Å². The minimum absolute atomic E-state index is 0.390. The van der Waals surface area contributed by atoms with Crippen molar-refractivity contribution in [1.82, 2.24) is 24.5 Å². The summed E-state index contributed by atoms with van der Waals surface area (Å²) in [6, 6.07) is 8.47. The summed E-state index contributed by atoms with van der Waals surface area (Å²) in [4.78, 5) is 3.94. The molecule has 21 heavy (non-hydrogen) atoms. The summed E-state index contributed by atoms with van der Waals surface area (Å²) in [5, 5.41) is 11.8. The average Bonchev–Trinajstić information content (AvgIpc) is 3.17. The summed E-state index contributed by atoms with van der Waals surface area (Å²) in [7, 11) is 0. The van der Waals surface area contributed by atoms with Crippen molar-refractivity contribution >= 4 is 5.69 Å². The van der Waals surface area contributed by atoms with E-state index in [2.05, 4.69) is 40.5 Å². The first-order valence-electron chi connectivity index (χ1n) is 6.94. The van der Waals surface area contributed by atoms with E-state index in [1.165, 1.54) is 11.9 Å². The Morgan fingerprint density at radius 1 is 1.14 bits per heavy atom. The minimum Gasteiger partial charge on any atom is -0.381 e. The molecule has 0 saturated heterocycles. The van der Waals surface area contributed by atoms with Gasteiger partial charge in [0.05, 0.1) is 11.9 Å². The highest BCUT2D eigenvalue weighted by Crippen LogP contribution is 2.13. The Morgan fingerprint density at radius 2 is 1.95 bits per heavy atom. The predicted molar refractivity (Wildman–Crippen MR) is 81.3 cm³/mol. The van der Waals surface area contributed by atoms with Crippen molar-refractivity contribution in [1.29, 1.82) is 0 Å². The monoisotopic (exact) mass is 282 g/mol. The number of hydrogen-bond acceptors (Lipinski definition) is 4. The molecule has 108 valence electrons. The Bertz CT molecular complexity index is 681. The fourth-order valence-electron chi connectivity index (χ4n) is 2.03. The molecule has 2 heterocycles. The number of rotatable bonds is 5. The first kappa shape index (κ1) is 13.4. The second-order valence-corrected chi connectivity index (χ2v) is 5.16. The topological polar surface area (TPSA) is 60.6 Å². The number of nitrogens with zero attached hydrogens (tertiary/aromatic N) is 5. The summed E-state index contributed by atoms with van der Waals surface area (Å²) in [6.45, 7) is 5.00. The summed E-state index contributed by atoms with van der Waals surface area (Å²) in [6.07, 6.45) is 7.18. The van der Waals surface area contributed by atoms with Gasteiger partial charge in [-0.3, -0.25) is 4.68 Å². The van der Waals surface area contributed by atoms with Gasteiger partial charge in [-0.15, -0.1) is 0 Å². The largest absolute Gasteiger partial charge is 0.381 e. The average molecular weight is 282 g/mol. The summed E-state index contributed by atoms with van der Waals surface area (Å²) < 4.78 is 3.70. The van der Waals surface area contributed by atoms with Gasteiger partial charge in [-0.1, -0.05) is 0 Å². The van der Waals surface area contributed by atoms with E-state index < -0.39 is 0 Å². The van der Waals surface area contributed by atoms with Crippen molar-refractivity contribution in [3.63, 3.8) is 0 Å². The molecule has 0 radical (unpaired) electrons. The van der Waals surface area contributed by atoms with Crippen LogP contribution in [0.1, 0.15) is 25.5 Å². The molecule has 0 aliphatic carbocycles. The molecule has 0 bridgehead atoms. The first-order chi connectivity index (χ1) is 10.2. The molecule has 0 amide bonds. The number of nitrogens with one attached hydrogen (secondary N) is 1. The van der Waals surface area contributed by atoms with Crippen LogP contribution in [-0.2, 0) is 6.54 Å². The molecule has 0 aliphatic heterocycles. The van der Waals surface area contributed by atoms with Gasteiger partial charge in [0.2, 0.25) is 0 Å². The van der Waals surface area contributed by atoms with Gasteiger partial charge in [-0.05, 0) is 38.1 Å². The summed E-state index contributed by atoms with van der Waals surface area (Å²) in [5.74, 6) is 0. The van der Waals surface area contributed by atoms with Gasteiger partial charge in [-0.25, -0.2) is 9.67 Å². The van der Waals surface area contributed by atoms with E-state index in [0.717, 1.165) is 17.9 Å². The third-order valence-corrected chi connectivity index (χ3v) is 3.23. The van der Waals surface area contributed by atoms with E-state index in [0.29, 0.717) is 6.04 Å². The van der Waals surface area contributed by atoms with Gasteiger partial charge in [0.15, 0.2) is 0 Å². The highest BCUT2D eigenvalue weighted by atomic mass is 15.3. The fraction of sp³-hybridized carbons (Fsp3) is 0.267. The van der Waals surface area contributed by atoms with Crippen LogP contribution >= 0.6 is 0 Å². The van der Waals surface area contributed by atoms with E-state index in [1.807, 2.05) is 35.1 Å². The normalized spacial score (nSPS) is 11.0. The third-order valence-electron chi connectivity index (χ3n) is 3.23. The molecule has 1 N–H and O–H groups in total. The molecule has 0 unspecified atom stereocenters. The van der Waals surface area contributed by atoms with Crippen molar-refractivity contribution in [2.75, 3.05) is 5.32 Å². The molecule has 6 heteroatoms. The standard InChI is InChI=1S/C15H18N6/c1-12(2)20-9-13(8-18-20)7-17-14-3-5-15(6-4-14)21-11-16-10-19-21/h3-6,8-12,17H,7H2,1-2H3. The van der Waals surface area contributed by atoms with Crippen LogP contribution in [0, 0.1) is 0 Å². The quantitative estimate of drug-likeness (QED) is 0.781. The number of anilines is 1. The third kappa shape index (κ3) is 3.10. The highest BCUT2D eigenvalue weighted by molar-refractivity contribution is 5.48. The summed E-state index contributed by atoms with van der Waals surface area (Å²) >= 11 is 0. The Balaban J connectivity index is 1.62. The molecule has 0 spiro atoms. The number of aromatic nitrogens is 5. The van der Waals surface area contributed by atoms with Crippen LogP contribution in [0.15, 0.2) is 49.3 Å². The smallest absolute Gasteiger partial charge is 0.138 e. The van der Waals surface area contributed by atoms with Gasteiger partial charge in [-0.2, -0.15) is 10.2 Å². The lowest BCUT2D eigenvalue weighted by molar-refractivity contribution is 0.532. The molecule has 6 nitrogen and oxygen atoms in total. The van der Waals surface area contributed by atoms with Crippen molar-refractivity contribution in [3.05, 3.63) is 54.9 Å². The minimum atomic E-state index is 0.390. The molecule has 3 rings (SSSR count). The van der Waals surface area contributed by atoms with Crippen molar-refractivity contribution in [2.45, 2.75) is 26.4 Å². The lowest BCUT2D eigenvalue weighted by atomic mass is 10.2. The van der Waals surface area contributed by atoms with E-state index in [9.17, 15) is 0 Å². The Morgan fingerprint density at radius 3 is 2.57 bits per heavy atom. The van der Waals surface area contributed by atoms with Gasteiger partial charge in [0, 0.05) is 30.0 Å². The zero-order valence-electron chi connectivity index (χ0n) is 12.1. The van der Waals surface area contributed by atoms with Crippen molar-refractivity contribution in [3.8, 4) is 5.69 Å².